The molecule has 1 aromatic carbocycles. The summed E-state index contributed by atoms with van der Waals surface area (Å²) in [5.74, 6) is -0.891. The molecule has 2 heterocycles. The Bertz CT molecular complexity index is 795. The maximum Gasteiger partial charge on any atom is 0.277 e. The fourth-order valence-electron chi connectivity index (χ4n) is 2.15. The minimum atomic E-state index is -0.454. The lowest BCUT2D eigenvalue weighted by molar-refractivity contribution is -0.137. The first-order valence-electron chi connectivity index (χ1n) is 7.18. The summed E-state index contributed by atoms with van der Waals surface area (Å²) >= 11 is 1.35. The van der Waals surface area contributed by atoms with Crippen molar-refractivity contribution in [3.63, 3.8) is 0 Å². The zero-order valence-electron chi connectivity index (χ0n) is 12.5. The van der Waals surface area contributed by atoms with Crippen molar-refractivity contribution in [1.29, 1.82) is 0 Å². The molecule has 2 amide bonds. The van der Waals surface area contributed by atoms with Crippen molar-refractivity contribution in [2.24, 2.45) is 0 Å². The van der Waals surface area contributed by atoms with Crippen molar-refractivity contribution in [3.8, 4) is 0 Å². The zero-order chi connectivity index (χ0) is 16.9. The average molecular weight is 342 g/mol. The maximum absolute atomic E-state index is 12.2. The highest BCUT2D eigenvalue weighted by molar-refractivity contribution is 7.99. The van der Waals surface area contributed by atoms with Crippen LogP contribution in [0.5, 0.6) is 0 Å². The van der Waals surface area contributed by atoms with Gasteiger partial charge in [-0.05, 0) is 30.0 Å². The van der Waals surface area contributed by atoms with Crippen molar-refractivity contribution >= 4 is 29.3 Å². The number of carbonyl (C=O) groups excluding carboxylic acids is 2. The number of imide groups is 1. The predicted octanol–water partition coefficient (Wildman–Crippen LogP) is 1.28. The van der Waals surface area contributed by atoms with Crippen LogP contribution in [0.25, 0.3) is 0 Å². The van der Waals surface area contributed by atoms with Crippen molar-refractivity contribution in [1.82, 2.24) is 14.9 Å². The Morgan fingerprint density at radius 2 is 1.88 bits per heavy atom. The van der Waals surface area contributed by atoms with E-state index in [4.69, 9.17) is 5.11 Å². The number of aromatic nitrogens is 2. The van der Waals surface area contributed by atoms with Crippen LogP contribution >= 0.6 is 11.8 Å². The lowest BCUT2D eigenvalue weighted by Gasteiger charge is -2.14. The molecule has 0 spiro atoms. The van der Waals surface area contributed by atoms with Gasteiger partial charge in [-0.25, -0.2) is 9.97 Å². The number of hydrogen-bond donors (Lipinski definition) is 2. The molecule has 122 valence electrons. The van der Waals surface area contributed by atoms with E-state index < -0.39 is 11.8 Å². The topological polar surface area (TPSA) is 95.4 Å². The van der Waals surface area contributed by atoms with Gasteiger partial charge in [0.1, 0.15) is 5.70 Å². The van der Waals surface area contributed by atoms with Crippen LogP contribution in [0.2, 0.25) is 0 Å². The summed E-state index contributed by atoms with van der Waals surface area (Å²) in [5.41, 5.74) is 0.851. The number of anilines is 1. The van der Waals surface area contributed by atoms with Crippen LogP contribution in [0.15, 0.2) is 64.6 Å². The molecule has 8 heteroatoms. The number of benzene rings is 1. The first kappa shape index (κ1) is 16.2. The number of nitrogens with zero attached hydrogens (tertiary/aromatic N) is 3. The molecule has 0 aliphatic carbocycles. The lowest BCUT2D eigenvalue weighted by atomic mass is 10.3. The minimum Gasteiger partial charge on any atom is -0.395 e. The molecular formula is C16H14N4O3S. The molecule has 7 nitrogen and oxygen atoms in total. The van der Waals surface area contributed by atoms with Crippen LogP contribution < -0.4 is 5.32 Å². The smallest absolute Gasteiger partial charge is 0.277 e. The van der Waals surface area contributed by atoms with Gasteiger partial charge in [-0.3, -0.25) is 14.5 Å². The molecule has 2 aromatic rings. The van der Waals surface area contributed by atoms with Crippen LogP contribution in [0.4, 0.5) is 5.69 Å². The van der Waals surface area contributed by atoms with Gasteiger partial charge in [0, 0.05) is 23.4 Å². The predicted molar refractivity (Wildman–Crippen MR) is 88.1 cm³/mol. The van der Waals surface area contributed by atoms with Gasteiger partial charge in [0.05, 0.1) is 18.8 Å². The van der Waals surface area contributed by atoms with Gasteiger partial charge in [-0.1, -0.05) is 12.1 Å². The van der Waals surface area contributed by atoms with Crippen molar-refractivity contribution in [2.75, 3.05) is 18.5 Å². The van der Waals surface area contributed by atoms with Crippen molar-refractivity contribution in [3.05, 3.63) is 54.5 Å². The third kappa shape index (κ3) is 3.44. The van der Waals surface area contributed by atoms with E-state index in [-0.39, 0.29) is 18.8 Å². The first-order valence-corrected chi connectivity index (χ1v) is 8.00. The average Bonchev–Trinajstić information content (AvgIpc) is 2.85. The molecule has 24 heavy (non-hydrogen) atoms. The third-order valence-corrected chi connectivity index (χ3v) is 4.20. The van der Waals surface area contributed by atoms with E-state index in [0.29, 0.717) is 10.8 Å². The zero-order valence-corrected chi connectivity index (χ0v) is 13.4. The summed E-state index contributed by atoms with van der Waals surface area (Å²) in [7, 11) is 0. The number of β-amino-alcohol motifs (C(OH)–C–C–N with tert-alkyl or cyclic N) is 1. The Kier molecular flexibility index (Phi) is 4.88. The van der Waals surface area contributed by atoms with E-state index in [1.165, 1.54) is 17.8 Å². The molecule has 0 bridgehead atoms. The van der Waals surface area contributed by atoms with Gasteiger partial charge in [-0.2, -0.15) is 0 Å². The summed E-state index contributed by atoms with van der Waals surface area (Å²) in [6.45, 7) is -0.288. The molecule has 0 saturated heterocycles. The summed E-state index contributed by atoms with van der Waals surface area (Å²) < 4.78 is 0. The Labute approximate surface area is 142 Å². The molecule has 0 saturated carbocycles. The maximum atomic E-state index is 12.2. The largest absolute Gasteiger partial charge is 0.395 e. The highest BCUT2D eigenvalue weighted by Gasteiger charge is 2.30. The van der Waals surface area contributed by atoms with Crippen LogP contribution in [0.3, 0.4) is 0 Å². The molecule has 1 aliphatic heterocycles. The molecule has 0 atom stereocenters. The van der Waals surface area contributed by atoms with E-state index in [9.17, 15) is 9.59 Å². The number of amides is 2. The summed E-state index contributed by atoms with van der Waals surface area (Å²) in [6.07, 6.45) is 4.54. The van der Waals surface area contributed by atoms with Gasteiger partial charge < -0.3 is 10.4 Å². The summed E-state index contributed by atoms with van der Waals surface area (Å²) in [6, 6.07) is 9.10. The third-order valence-electron chi connectivity index (χ3n) is 3.23. The highest BCUT2D eigenvalue weighted by atomic mass is 32.2. The SMILES string of the molecule is O=C1C=C(Nc2ccccc2Sc2ncccn2)C(=O)N1CCO. The number of aliphatic hydroxyl groups is 1. The lowest BCUT2D eigenvalue weighted by Crippen LogP contribution is -2.34. The van der Waals surface area contributed by atoms with Gasteiger partial charge in [0.2, 0.25) is 0 Å². The summed E-state index contributed by atoms with van der Waals surface area (Å²) in [5, 5.41) is 12.5. The van der Waals surface area contributed by atoms with E-state index in [0.717, 1.165) is 9.80 Å². The van der Waals surface area contributed by atoms with E-state index in [1.54, 1.807) is 24.5 Å². The molecule has 1 aliphatic rings. The second kappa shape index (κ2) is 7.24. The fraction of sp³-hybridized carbons (Fsp3) is 0.125. The van der Waals surface area contributed by atoms with E-state index >= 15 is 0 Å². The summed E-state index contributed by atoms with van der Waals surface area (Å²) in [4.78, 5) is 34.2. The first-order chi connectivity index (χ1) is 11.7. The number of nitrogens with one attached hydrogen (secondary N) is 1. The number of hydrogen-bond acceptors (Lipinski definition) is 7. The Balaban J connectivity index is 1.80. The second-order valence-electron chi connectivity index (χ2n) is 4.83. The quantitative estimate of drug-likeness (QED) is 0.603. The van der Waals surface area contributed by atoms with Crippen molar-refractivity contribution in [2.45, 2.75) is 10.1 Å². The number of rotatable bonds is 6. The fourth-order valence-corrected chi connectivity index (χ4v) is 2.95. The van der Waals surface area contributed by atoms with Crippen LogP contribution in [0, 0.1) is 0 Å². The standard InChI is InChI=1S/C16H14N4O3S/c21-9-8-20-14(22)10-12(15(20)23)19-11-4-1-2-5-13(11)24-16-17-6-3-7-18-16/h1-7,10,19,21H,8-9H2. The van der Waals surface area contributed by atoms with Gasteiger partial charge in [0.15, 0.2) is 5.16 Å². The van der Waals surface area contributed by atoms with Gasteiger partial charge >= 0.3 is 0 Å². The Hall–Kier alpha value is -2.71. The molecule has 1 aromatic heterocycles. The van der Waals surface area contributed by atoms with E-state index in [2.05, 4.69) is 15.3 Å². The molecule has 0 fully saturated rings. The van der Waals surface area contributed by atoms with Gasteiger partial charge in [0.25, 0.3) is 11.8 Å². The van der Waals surface area contributed by atoms with Crippen LogP contribution in [-0.4, -0.2) is 44.9 Å². The normalized spacial score (nSPS) is 14.0. The number of aliphatic hydroxyl groups excluding tert-OH is 1. The minimum absolute atomic E-state index is 0.0202. The van der Waals surface area contributed by atoms with E-state index in [1.807, 2.05) is 18.2 Å². The Morgan fingerprint density at radius 1 is 1.12 bits per heavy atom. The number of para-hydroxylation sites is 1. The molecule has 3 rings (SSSR count). The second-order valence-corrected chi connectivity index (χ2v) is 5.84. The number of carbonyl (C=O) groups is 2. The molecule has 0 unspecified atom stereocenters. The van der Waals surface area contributed by atoms with Crippen molar-refractivity contribution < 1.29 is 14.7 Å². The molecular weight excluding hydrogens is 328 g/mol. The molecule has 0 radical (unpaired) electrons. The van der Waals surface area contributed by atoms with Crippen LogP contribution in [0.1, 0.15) is 0 Å². The monoisotopic (exact) mass is 342 g/mol. The Morgan fingerprint density at radius 3 is 2.62 bits per heavy atom. The molecule has 2 N–H and O–H groups in total. The van der Waals surface area contributed by atoms with Gasteiger partial charge in [-0.15, -0.1) is 0 Å². The highest BCUT2D eigenvalue weighted by Crippen LogP contribution is 2.32. The van der Waals surface area contributed by atoms with Crippen LogP contribution in [-0.2, 0) is 9.59 Å².